The average Bonchev–Trinajstić information content (AvgIpc) is 1.38. The Bertz CT molecular complexity index is 32.5. The Morgan fingerprint density at radius 2 is 1.71 bits per heavy atom. The topological polar surface area (TPSA) is 20.2 Å². The molecule has 0 amide bonds. The van der Waals surface area contributed by atoms with Gasteiger partial charge in [-0.3, -0.25) is 0 Å². The molecule has 1 N–H and O–H groups in total. The number of aliphatic hydroxyl groups excluding tert-OH is 1. The van der Waals surface area contributed by atoms with Crippen molar-refractivity contribution in [1.82, 2.24) is 0 Å². The van der Waals surface area contributed by atoms with Crippen molar-refractivity contribution in [2.75, 3.05) is 6.61 Å². The number of halogens is 1. The summed E-state index contributed by atoms with van der Waals surface area (Å²) in [5, 5.41) is 8.14. The van der Waals surface area contributed by atoms with Crippen molar-refractivity contribution in [2.45, 2.75) is 13.8 Å². The maximum Gasteiger partial charge on any atom is 2.00 e. The van der Waals surface area contributed by atoms with Crippen LogP contribution in [0, 0.1) is 5.92 Å². The fourth-order valence-electron chi connectivity index (χ4n) is 0. The quantitative estimate of drug-likeness (QED) is 0.532. The van der Waals surface area contributed by atoms with E-state index >= 15 is 0 Å². The van der Waals surface area contributed by atoms with Gasteiger partial charge in [0, 0.05) is 6.61 Å². The van der Waals surface area contributed by atoms with Gasteiger partial charge in [-0.25, -0.2) is 0 Å². The maximum atomic E-state index is 8.14. The summed E-state index contributed by atoms with van der Waals surface area (Å²) in [5.74, 6) is 0.440. The molecule has 0 saturated heterocycles. The molecule has 0 radical (unpaired) electrons. The number of hydrogen-bond acceptors (Lipinski definition) is 1. The summed E-state index contributed by atoms with van der Waals surface area (Å²) >= 11 is 0. The van der Waals surface area contributed by atoms with Gasteiger partial charge < -0.3 is 7.96 Å². The molecule has 0 heterocycles. The molecule has 0 aliphatic carbocycles. The standard InChI is InChI=1S/C4H10O.ClH.Mg.2H/c1-4(2)3-5;;;;/h4-5H,3H2,1-2H3;1H;;;/q;;+2;2*-1. The Morgan fingerprint density at radius 3 is 1.71 bits per heavy atom. The zero-order chi connectivity index (χ0) is 4.28. The van der Waals surface area contributed by atoms with Gasteiger partial charge in [-0.1, -0.05) is 13.8 Å². The largest absolute Gasteiger partial charge is 2.00 e. The Hall–Kier alpha value is 1.02. The second-order valence-electron chi connectivity index (χ2n) is 1.58. The molecular formula is C4H13ClMgO. The Morgan fingerprint density at radius 1 is 1.57 bits per heavy atom. The Balaban J connectivity index is -0.0000000133. The molecule has 0 fully saturated rings. The first-order chi connectivity index (χ1) is 2.27. The Labute approximate surface area is 70.0 Å². The summed E-state index contributed by atoms with van der Waals surface area (Å²) < 4.78 is 0. The van der Waals surface area contributed by atoms with E-state index in [-0.39, 0.29) is 38.3 Å². The van der Waals surface area contributed by atoms with Crippen LogP contribution in [0.5, 0.6) is 0 Å². The van der Waals surface area contributed by atoms with Crippen LogP contribution in [0.3, 0.4) is 0 Å². The first-order valence-electron chi connectivity index (χ1n) is 1.88. The van der Waals surface area contributed by atoms with E-state index < -0.39 is 0 Å². The molecule has 3 heteroatoms. The molecule has 0 spiro atoms. The van der Waals surface area contributed by atoms with E-state index in [1.165, 1.54) is 0 Å². The third-order valence-corrected chi connectivity index (χ3v) is 0.365. The van der Waals surface area contributed by atoms with Crippen LogP contribution >= 0.6 is 12.4 Å². The van der Waals surface area contributed by atoms with E-state index in [4.69, 9.17) is 5.11 Å². The van der Waals surface area contributed by atoms with Gasteiger partial charge in [0.15, 0.2) is 0 Å². The van der Waals surface area contributed by atoms with Crippen molar-refractivity contribution in [3.05, 3.63) is 0 Å². The molecule has 0 saturated carbocycles. The van der Waals surface area contributed by atoms with Crippen molar-refractivity contribution in [3.8, 4) is 0 Å². The number of aliphatic hydroxyl groups is 1. The summed E-state index contributed by atoms with van der Waals surface area (Å²) in [6, 6.07) is 0. The smallest absolute Gasteiger partial charge is 1.00 e. The van der Waals surface area contributed by atoms with Crippen molar-refractivity contribution in [2.24, 2.45) is 5.92 Å². The normalized spacial score (nSPS) is 6.86. The first-order valence-corrected chi connectivity index (χ1v) is 1.88. The molecular weight excluding hydrogens is 124 g/mol. The molecule has 0 aromatic rings. The summed E-state index contributed by atoms with van der Waals surface area (Å²) in [6.45, 7) is 4.25. The fourth-order valence-corrected chi connectivity index (χ4v) is 0. The summed E-state index contributed by atoms with van der Waals surface area (Å²) in [5.41, 5.74) is 0. The van der Waals surface area contributed by atoms with Gasteiger partial charge >= 0.3 is 23.1 Å². The van der Waals surface area contributed by atoms with Gasteiger partial charge in [0.25, 0.3) is 0 Å². The van der Waals surface area contributed by atoms with Crippen molar-refractivity contribution < 1.29 is 7.96 Å². The minimum absolute atomic E-state index is 0. The summed E-state index contributed by atoms with van der Waals surface area (Å²) in [7, 11) is 0. The van der Waals surface area contributed by atoms with E-state index in [0.717, 1.165) is 0 Å². The van der Waals surface area contributed by atoms with Gasteiger partial charge in [-0.05, 0) is 5.92 Å². The van der Waals surface area contributed by atoms with Crippen LogP contribution in [0.4, 0.5) is 0 Å². The van der Waals surface area contributed by atoms with Crippen LogP contribution in [-0.2, 0) is 0 Å². The van der Waals surface area contributed by atoms with Gasteiger partial charge in [0.1, 0.15) is 0 Å². The molecule has 7 heavy (non-hydrogen) atoms. The molecule has 0 aliphatic heterocycles. The molecule has 1 nitrogen and oxygen atoms in total. The molecule has 0 atom stereocenters. The van der Waals surface area contributed by atoms with E-state index in [1.54, 1.807) is 0 Å². The molecule has 0 bridgehead atoms. The van der Waals surface area contributed by atoms with Crippen LogP contribution in [0.25, 0.3) is 0 Å². The fraction of sp³-hybridized carbons (Fsp3) is 1.00. The van der Waals surface area contributed by atoms with Gasteiger partial charge in [0.05, 0.1) is 0 Å². The van der Waals surface area contributed by atoms with Gasteiger partial charge in [-0.15, -0.1) is 12.4 Å². The average molecular weight is 137 g/mol. The molecule has 0 aliphatic rings. The van der Waals surface area contributed by atoms with Crippen LogP contribution in [0.15, 0.2) is 0 Å². The van der Waals surface area contributed by atoms with Crippen LogP contribution in [0.1, 0.15) is 16.7 Å². The third kappa shape index (κ3) is 19.4. The predicted molar refractivity (Wildman–Crippen MR) is 37.1 cm³/mol. The van der Waals surface area contributed by atoms with Crippen molar-refractivity contribution in [1.29, 1.82) is 0 Å². The third-order valence-electron chi connectivity index (χ3n) is 0.365. The molecule has 0 aromatic heterocycles. The van der Waals surface area contributed by atoms with Crippen LogP contribution in [0.2, 0.25) is 0 Å². The van der Waals surface area contributed by atoms with Crippen molar-refractivity contribution >= 4 is 35.5 Å². The van der Waals surface area contributed by atoms with E-state index in [0.29, 0.717) is 12.5 Å². The predicted octanol–water partition coefficient (Wildman–Crippen LogP) is 0.901. The minimum Gasteiger partial charge on any atom is -1.00 e. The Kier molecular flexibility index (Phi) is 22.6. The van der Waals surface area contributed by atoms with E-state index in [2.05, 4.69) is 0 Å². The van der Waals surface area contributed by atoms with Gasteiger partial charge in [0.2, 0.25) is 0 Å². The molecule has 0 rings (SSSR count). The molecule has 0 aromatic carbocycles. The SMILES string of the molecule is CC(C)CO.Cl.[H-].[H-].[Mg+2]. The van der Waals surface area contributed by atoms with Crippen LogP contribution < -0.4 is 0 Å². The van der Waals surface area contributed by atoms with Crippen LogP contribution in [-0.4, -0.2) is 34.8 Å². The zero-order valence-corrected chi connectivity index (χ0v) is 7.08. The van der Waals surface area contributed by atoms with Gasteiger partial charge in [-0.2, -0.15) is 0 Å². The van der Waals surface area contributed by atoms with E-state index in [9.17, 15) is 0 Å². The minimum atomic E-state index is 0. The monoisotopic (exact) mass is 136 g/mol. The number of hydrogen-bond donors (Lipinski definition) is 1. The number of rotatable bonds is 1. The summed E-state index contributed by atoms with van der Waals surface area (Å²) in [4.78, 5) is 0. The second kappa shape index (κ2) is 10.1. The van der Waals surface area contributed by atoms with E-state index in [1.807, 2.05) is 13.8 Å². The summed E-state index contributed by atoms with van der Waals surface area (Å²) in [6.07, 6.45) is 0. The van der Waals surface area contributed by atoms with Crippen molar-refractivity contribution in [3.63, 3.8) is 0 Å². The second-order valence-corrected chi connectivity index (χ2v) is 1.58. The molecule has 44 valence electrons. The first kappa shape index (κ1) is 15.7. The maximum absolute atomic E-state index is 8.14. The zero-order valence-electron chi connectivity index (χ0n) is 6.85. The molecule has 0 unspecified atom stereocenters.